The predicted octanol–water partition coefficient (Wildman–Crippen LogP) is 1.91. The molecule has 1 heterocycles. The molecule has 0 bridgehead atoms. The summed E-state index contributed by atoms with van der Waals surface area (Å²) in [4.78, 5) is 24.8. The monoisotopic (exact) mass is 453 g/mol. The highest BCUT2D eigenvalue weighted by atomic mass is 16.5. The third-order valence-electron chi connectivity index (χ3n) is 5.15. The standard InChI is InChI=1S/C23H30N7O3/c1-7-26-11-8-12-30(4)15-17-9-10-18(32-5)21(33-6)20(17)29-23(30)28-19(31)13-16(2)14-27-22(24)25-3/h1,3,9-10,14,26H,8,11-13,15H2,2,4-6H3,(H2-,24,27,28,29,31)/q+1/p+1/b16-14+. The summed E-state index contributed by atoms with van der Waals surface area (Å²) in [5.41, 5.74) is 7.76. The van der Waals surface area contributed by atoms with Gasteiger partial charge in [0.05, 0.1) is 40.8 Å². The molecule has 1 aliphatic heterocycles. The van der Waals surface area contributed by atoms with Gasteiger partial charge in [-0.15, -0.1) is 0 Å². The van der Waals surface area contributed by atoms with E-state index in [1.807, 2.05) is 19.2 Å². The Morgan fingerprint density at radius 3 is 2.82 bits per heavy atom. The average molecular weight is 454 g/mol. The van der Waals surface area contributed by atoms with Gasteiger partial charge < -0.3 is 14.8 Å². The summed E-state index contributed by atoms with van der Waals surface area (Å²) in [5, 5.41) is 5.84. The van der Waals surface area contributed by atoms with Gasteiger partial charge in [-0.05, 0) is 24.6 Å². The van der Waals surface area contributed by atoms with Gasteiger partial charge >= 0.3 is 11.9 Å². The summed E-state index contributed by atoms with van der Waals surface area (Å²) in [5.74, 6) is 1.28. The lowest BCUT2D eigenvalue weighted by molar-refractivity contribution is -0.838. The minimum absolute atomic E-state index is 0.0751. The number of guanidine groups is 2. The van der Waals surface area contributed by atoms with E-state index in [9.17, 15) is 4.79 Å². The van der Waals surface area contributed by atoms with Gasteiger partial charge in [0.15, 0.2) is 11.5 Å². The number of nitrogens with one attached hydrogen (secondary N) is 2. The summed E-state index contributed by atoms with van der Waals surface area (Å²) < 4.78 is 11.4. The molecule has 1 atom stereocenters. The number of aliphatic imine (C=N–C) groups is 2. The molecule has 33 heavy (non-hydrogen) atoms. The Labute approximate surface area is 194 Å². The quantitative estimate of drug-likeness (QED) is 0.132. The number of nitrogens with zero attached hydrogens (tertiary/aromatic N) is 4. The van der Waals surface area contributed by atoms with E-state index in [4.69, 9.17) is 33.2 Å². The summed E-state index contributed by atoms with van der Waals surface area (Å²) in [6.45, 7) is 8.79. The van der Waals surface area contributed by atoms with Crippen molar-refractivity contribution in [2.24, 2.45) is 15.7 Å². The van der Waals surface area contributed by atoms with E-state index in [1.54, 1.807) is 21.1 Å². The van der Waals surface area contributed by atoms with Crippen LogP contribution in [0.4, 0.5) is 5.69 Å². The second-order valence-electron chi connectivity index (χ2n) is 7.76. The first-order valence-electron chi connectivity index (χ1n) is 10.3. The molecule has 1 aromatic rings. The fourth-order valence-corrected chi connectivity index (χ4v) is 3.49. The smallest absolute Gasteiger partial charge is 0.486 e. The lowest BCUT2D eigenvalue weighted by Gasteiger charge is -2.37. The fourth-order valence-electron chi connectivity index (χ4n) is 3.49. The van der Waals surface area contributed by atoms with E-state index in [0.29, 0.717) is 52.8 Å². The van der Waals surface area contributed by atoms with Crippen LogP contribution in [-0.2, 0) is 11.3 Å². The van der Waals surface area contributed by atoms with Crippen LogP contribution < -0.4 is 25.8 Å². The van der Waals surface area contributed by atoms with Gasteiger partial charge in [0.1, 0.15) is 18.4 Å². The molecule has 1 aromatic carbocycles. The van der Waals surface area contributed by atoms with Crippen LogP contribution in [0.15, 0.2) is 33.9 Å². The number of ether oxygens (including phenoxy) is 2. The van der Waals surface area contributed by atoms with Gasteiger partial charge in [-0.3, -0.25) is 20.3 Å². The number of rotatable bonds is 9. The van der Waals surface area contributed by atoms with Gasteiger partial charge in [-0.25, -0.2) is 0 Å². The maximum absolute atomic E-state index is 12.8. The highest BCUT2D eigenvalue weighted by molar-refractivity contribution is 5.97. The molecule has 10 nitrogen and oxygen atoms in total. The van der Waals surface area contributed by atoms with Crippen molar-refractivity contribution in [3.63, 3.8) is 0 Å². The number of nitrogens with two attached hydrogens (primary N) is 1. The highest BCUT2D eigenvalue weighted by Crippen LogP contribution is 2.43. The Kier molecular flexibility index (Phi) is 8.84. The molecule has 0 aromatic heterocycles. The van der Waals surface area contributed by atoms with Crippen LogP contribution in [-0.4, -0.2) is 56.7 Å². The van der Waals surface area contributed by atoms with Crippen LogP contribution in [0.2, 0.25) is 0 Å². The zero-order valence-electron chi connectivity index (χ0n) is 19.5. The third kappa shape index (κ3) is 6.48. The number of carbonyl (C=O) groups is 1. The van der Waals surface area contributed by atoms with E-state index < -0.39 is 0 Å². The van der Waals surface area contributed by atoms with E-state index in [2.05, 4.69) is 26.5 Å². The molecule has 10 heteroatoms. The second kappa shape index (κ2) is 11.6. The largest absolute Gasteiger partial charge is 0.493 e. The number of hydrogen-bond acceptors (Lipinski definition) is 6. The van der Waals surface area contributed by atoms with Crippen molar-refractivity contribution < 1.29 is 18.8 Å². The van der Waals surface area contributed by atoms with Crippen LogP contribution in [0.1, 0.15) is 25.3 Å². The number of fused-ring (bicyclic) bond motifs is 1. The maximum Gasteiger partial charge on any atom is 0.486 e. The van der Waals surface area contributed by atoms with Gasteiger partial charge in [0.25, 0.3) is 0 Å². The van der Waals surface area contributed by atoms with Gasteiger partial charge in [-0.2, -0.15) is 9.84 Å². The minimum atomic E-state index is -0.239. The molecule has 1 unspecified atom stereocenters. The van der Waals surface area contributed by atoms with Crippen LogP contribution >= 0.6 is 0 Å². The number of terminal acetylenes is 1. The predicted molar refractivity (Wildman–Crippen MR) is 129 cm³/mol. The van der Waals surface area contributed by atoms with Gasteiger partial charge in [0, 0.05) is 24.6 Å². The van der Waals surface area contributed by atoms with Crippen LogP contribution in [0.25, 0.3) is 4.85 Å². The van der Waals surface area contributed by atoms with E-state index in [0.717, 1.165) is 12.0 Å². The number of quaternary nitrogens is 1. The van der Waals surface area contributed by atoms with Crippen molar-refractivity contribution >= 4 is 23.5 Å². The lowest BCUT2D eigenvalue weighted by atomic mass is 10.1. The molecule has 0 fully saturated rings. The average Bonchev–Trinajstić information content (AvgIpc) is 2.80. The Morgan fingerprint density at radius 1 is 1.42 bits per heavy atom. The molecule has 4 N–H and O–H groups in total. The number of amides is 1. The third-order valence-corrected chi connectivity index (χ3v) is 5.15. The normalized spacial score (nSPS) is 17.7. The first kappa shape index (κ1) is 25.2. The summed E-state index contributed by atoms with van der Waals surface area (Å²) in [7, 11) is 5.15. The molecule has 1 amide bonds. The van der Waals surface area contributed by atoms with Crippen molar-refractivity contribution in [3.05, 3.63) is 34.3 Å². The lowest BCUT2D eigenvalue weighted by Crippen LogP contribution is -2.58. The van der Waals surface area contributed by atoms with E-state index >= 15 is 0 Å². The van der Waals surface area contributed by atoms with Crippen molar-refractivity contribution in [3.8, 4) is 30.5 Å². The molecule has 2 rings (SSSR count). The molecule has 0 saturated heterocycles. The molecule has 0 radical (unpaired) electrons. The van der Waals surface area contributed by atoms with Gasteiger partial charge in [0.2, 0.25) is 5.91 Å². The van der Waals surface area contributed by atoms with Crippen molar-refractivity contribution in [2.45, 2.75) is 26.3 Å². The fraction of sp³-hybridized carbons (Fsp3) is 0.391. The highest BCUT2D eigenvalue weighted by Gasteiger charge is 2.37. The first-order chi connectivity index (χ1) is 15.8. The molecule has 0 saturated carbocycles. The first-order valence-corrected chi connectivity index (χ1v) is 10.3. The molecule has 0 aliphatic carbocycles. The topological polar surface area (TPSA) is 115 Å². The van der Waals surface area contributed by atoms with E-state index in [-0.39, 0.29) is 18.3 Å². The van der Waals surface area contributed by atoms with Gasteiger partial charge in [-0.1, -0.05) is 11.4 Å². The Balaban J connectivity index is 2.36. The Bertz CT molecular complexity index is 1060. The van der Waals surface area contributed by atoms with Crippen molar-refractivity contribution in [2.75, 3.05) is 34.4 Å². The van der Waals surface area contributed by atoms with Crippen LogP contribution in [0, 0.1) is 19.0 Å². The molecule has 0 spiro atoms. The zero-order valence-corrected chi connectivity index (χ0v) is 19.5. The zero-order chi connectivity index (χ0) is 24.4. The number of hydrogen-bond donors (Lipinski definition) is 3. The van der Waals surface area contributed by atoms with Crippen LogP contribution in [0.3, 0.4) is 0 Å². The maximum atomic E-state index is 12.8. The summed E-state index contributed by atoms with van der Waals surface area (Å²) in [6.07, 6.45) is 7.63. The SMILES string of the molecule is C#CNCCC[N+]1(C)Cc2ccc(OC)c(OC)c2N=C1NC(=O)C/C(C)=C/N=C(N)[N+]#C. The van der Waals surface area contributed by atoms with E-state index in [1.165, 1.54) is 6.20 Å². The van der Waals surface area contributed by atoms with Crippen molar-refractivity contribution in [1.29, 1.82) is 0 Å². The second-order valence-corrected chi connectivity index (χ2v) is 7.76. The summed E-state index contributed by atoms with van der Waals surface area (Å²) in [6, 6.07) is 6.24. The number of methoxy groups -OCH3 is 2. The molecular formula is C23H31N7O3+2. The molecule has 1 aliphatic rings. The summed E-state index contributed by atoms with van der Waals surface area (Å²) >= 11 is 0. The number of carbonyl (C=O) groups excluding carboxylic acids is 1. The molecular weight excluding hydrogens is 422 g/mol. The van der Waals surface area contributed by atoms with Crippen molar-refractivity contribution in [1.82, 2.24) is 10.6 Å². The Hall–Kier alpha value is -4.02. The van der Waals surface area contributed by atoms with Crippen LogP contribution in [0.5, 0.6) is 11.5 Å². The number of benzene rings is 1. The Morgan fingerprint density at radius 2 is 2.18 bits per heavy atom. The minimum Gasteiger partial charge on any atom is -0.493 e. The molecule has 174 valence electrons.